The van der Waals surface area contributed by atoms with Crippen LogP contribution in [0.1, 0.15) is 57.2 Å². The Bertz CT molecular complexity index is 499. The molecule has 2 atom stereocenters. The van der Waals surface area contributed by atoms with E-state index in [2.05, 4.69) is 68.5 Å². The van der Waals surface area contributed by atoms with E-state index in [-0.39, 0.29) is 25.0 Å². The highest BCUT2D eigenvalue weighted by Gasteiger charge is 2.16. The molecule has 0 aromatic heterocycles. The Kier molecular flexibility index (Phi) is 7.70. The second kappa shape index (κ2) is 9.27. The third-order valence-corrected chi connectivity index (χ3v) is 4.01. The normalized spacial score (nSPS) is 13.5. The molecule has 0 aliphatic carbocycles. The van der Waals surface area contributed by atoms with Gasteiger partial charge in [-0.3, -0.25) is 4.79 Å². The Morgan fingerprint density at radius 1 is 1.18 bits per heavy atom. The SMILES string of the molecule is C#CCNC(=O)CN[C@H](c1ccc([C@H](C)CC)cc1)C(C)C. The molecule has 0 aliphatic heterocycles. The summed E-state index contributed by atoms with van der Waals surface area (Å²) in [7, 11) is 0. The van der Waals surface area contributed by atoms with Crippen LogP contribution in [-0.2, 0) is 4.79 Å². The van der Waals surface area contributed by atoms with E-state index in [4.69, 9.17) is 6.42 Å². The van der Waals surface area contributed by atoms with Gasteiger partial charge in [0.05, 0.1) is 13.1 Å². The lowest BCUT2D eigenvalue weighted by atomic mass is 9.92. The summed E-state index contributed by atoms with van der Waals surface area (Å²) in [6.07, 6.45) is 6.28. The van der Waals surface area contributed by atoms with Crippen LogP contribution in [-0.4, -0.2) is 19.0 Å². The predicted molar refractivity (Wildman–Crippen MR) is 92.6 cm³/mol. The highest BCUT2D eigenvalue weighted by Crippen LogP contribution is 2.25. The van der Waals surface area contributed by atoms with E-state index in [0.29, 0.717) is 11.8 Å². The second-order valence-corrected chi connectivity index (χ2v) is 6.06. The standard InChI is InChI=1S/C19H28N2O/c1-6-12-20-18(22)13-21-19(14(3)4)17-10-8-16(9-11-17)15(5)7-2/h1,8-11,14-15,19,21H,7,12-13H2,2-5H3,(H,20,22)/t15-,19+/m1/s1. The summed E-state index contributed by atoms with van der Waals surface area (Å²) in [5.74, 6) is 3.31. The van der Waals surface area contributed by atoms with Gasteiger partial charge in [-0.05, 0) is 29.4 Å². The van der Waals surface area contributed by atoms with Crippen LogP contribution in [0.2, 0.25) is 0 Å². The number of rotatable bonds is 8. The summed E-state index contributed by atoms with van der Waals surface area (Å²) >= 11 is 0. The lowest BCUT2D eigenvalue weighted by Gasteiger charge is -2.23. The quantitative estimate of drug-likeness (QED) is 0.724. The van der Waals surface area contributed by atoms with Gasteiger partial charge in [0.1, 0.15) is 0 Å². The fraction of sp³-hybridized carbons (Fsp3) is 0.526. The molecule has 0 heterocycles. The van der Waals surface area contributed by atoms with Crippen molar-refractivity contribution in [2.24, 2.45) is 5.92 Å². The van der Waals surface area contributed by atoms with Gasteiger partial charge in [-0.2, -0.15) is 0 Å². The highest BCUT2D eigenvalue weighted by atomic mass is 16.1. The van der Waals surface area contributed by atoms with Crippen molar-refractivity contribution in [3.8, 4) is 12.3 Å². The number of hydrogen-bond acceptors (Lipinski definition) is 2. The minimum Gasteiger partial charge on any atom is -0.344 e. The molecule has 0 unspecified atom stereocenters. The van der Waals surface area contributed by atoms with E-state index in [1.807, 2.05) is 0 Å². The number of carbonyl (C=O) groups is 1. The Balaban J connectivity index is 2.71. The van der Waals surface area contributed by atoms with Crippen molar-refractivity contribution in [1.29, 1.82) is 0 Å². The minimum absolute atomic E-state index is 0.0696. The van der Waals surface area contributed by atoms with Gasteiger partial charge in [0.25, 0.3) is 0 Å². The Morgan fingerprint density at radius 2 is 1.77 bits per heavy atom. The smallest absolute Gasteiger partial charge is 0.234 e. The third-order valence-electron chi connectivity index (χ3n) is 4.01. The van der Waals surface area contributed by atoms with Crippen molar-refractivity contribution >= 4 is 5.91 Å². The van der Waals surface area contributed by atoms with Crippen LogP contribution in [0, 0.1) is 18.3 Å². The Hall–Kier alpha value is -1.79. The van der Waals surface area contributed by atoms with Crippen molar-refractivity contribution in [2.45, 2.75) is 46.1 Å². The number of nitrogens with one attached hydrogen (secondary N) is 2. The van der Waals surface area contributed by atoms with E-state index in [1.54, 1.807) is 0 Å². The van der Waals surface area contributed by atoms with E-state index in [9.17, 15) is 4.79 Å². The number of terminal acetylenes is 1. The molecule has 0 aliphatic rings. The van der Waals surface area contributed by atoms with Crippen LogP contribution in [0.15, 0.2) is 24.3 Å². The molecule has 0 saturated heterocycles. The molecule has 3 nitrogen and oxygen atoms in total. The van der Waals surface area contributed by atoms with Crippen molar-refractivity contribution in [3.63, 3.8) is 0 Å². The van der Waals surface area contributed by atoms with Crippen LogP contribution in [0.3, 0.4) is 0 Å². The molecule has 0 bridgehead atoms. The van der Waals surface area contributed by atoms with Crippen LogP contribution >= 0.6 is 0 Å². The monoisotopic (exact) mass is 300 g/mol. The lowest BCUT2D eigenvalue weighted by molar-refractivity contribution is -0.120. The zero-order valence-corrected chi connectivity index (χ0v) is 14.1. The van der Waals surface area contributed by atoms with Crippen molar-refractivity contribution < 1.29 is 4.79 Å². The van der Waals surface area contributed by atoms with E-state index < -0.39 is 0 Å². The van der Waals surface area contributed by atoms with E-state index in [0.717, 1.165) is 6.42 Å². The van der Waals surface area contributed by atoms with Gasteiger partial charge in [-0.1, -0.05) is 57.9 Å². The summed E-state index contributed by atoms with van der Waals surface area (Å²) in [4.78, 5) is 11.7. The summed E-state index contributed by atoms with van der Waals surface area (Å²) in [5.41, 5.74) is 2.58. The molecule has 3 heteroatoms. The number of hydrogen-bond donors (Lipinski definition) is 2. The highest BCUT2D eigenvalue weighted by molar-refractivity contribution is 5.78. The molecule has 0 fully saturated rings. The number of carbonyl (C=O) groups excluding carboxylic acids is 1. The van der Waals surface area contributed by atoms with E-state index in [1.165, 1.54) is 11.1 Å². The topological polar surface area (TPSA) is 41.1 Å². The molecule has 1 amide bonds. The Labute approximate surface area is 134 Å². The zero-order chi connectivity index (χ0) is 16.5. The maximum Gasteiger partial charge on any atom is 0.234 e. The first kappa shape index (κ1) is 18.3. The largest absolute Gasteiger partial charge is 0.344 e. The summed E-state index contributed by atoms with van der Waals surface area (Å²) in [5, 5.41) is 6.00. The zero-order valence-electron chi connectivity index (χ0n) is 14.1. The van der Waals surface area contributed by atoms with Gasteiger partial charge < -0.3 is 10.6 Å². The molecular weight excluding hydrogens is 272 g/mol. The van der Waals surface area contributed by atoms with Gasteiger partial charge in [-0.25, -0.2) is 0 Å². The van der Waals surface area contributed by atoms with E-state index >= 15 is 0 Å². The summed E-state index contributed by atoms with van der Waals surface area (Å²) in [6.45, 7) is 9.29. The number of amides is 1. The first-order valence-corrected chi connectivity index (χ1v) is 8.03. The van der Waals surface area contributed by atoms with Gasteiger partial charge in [0.15, 0.2) is 0 Å². The second-order valence-electron chi connectivity index (χ2n) is 6.06. The molecule has 1 aromatic carbocycles. The fourth-order valence-electron chi connectivity index (χ4n) is 2.42. The van der Waals surface area contributed by atoms with Gasteiger partial charge in [-0.15, -0.1) is 6.42 Å². The van der Waals surface area contributed by atoms with Crippen molar-refractivity contribution in [3.05, 3.63) is 35.4 Å². The van der Waals surface area contributed by atoms with Crippen LogP contribution < -0.4 is 10.6 Å². The molecule has 2 N–H and O–H groups in total. The molecule has 0 spiro atoms. The lowest BCUT2D eigenvalue weighted by Crippen LogP contribution is -2.37. The third kappa shape index (κ3) is 5.54. The molecular formula is C19H28N2O. The van der Waals surface area contributed by atoms with Crippen LogP contribution in [0.25, 0.3) is 0 Å². The molecule has 0 radical (unpaired) electrons. The molecule has 0 saturated carbocycles. The van der Waals surface area contributed by atoms with Gasteiger partial charge >= 0.3 is 0 Å². The molecule has 1 rings (SSSR count). The Morgan fingerprint density at radius 3 is 2.27 bits per heavy atom. The minimum atomic E-state index is -0.0696. The van der Waals surface area contributed by atoms with Crippen molar-refractivity contribution in [1.82, 2.24) is 10.6 Å². The van der Waals surface area contributed by atoms with Crippen LogP contribution in [0.4, 0.5) is 0 Å². The first-order chi connectivity index (χ1) is 10.5. The summed E-state index contributed by atoms with van der Waals surface area (Å²) < 4.78 is 0. The van der Waals surface area contributed by atoms with Gasteiger partial charge in [0, 0.05) is 6.04 Å². The molecule has 1 aromatic rings. The van der Waals surface area contributed by atoms with Gasteiger partial charge in [0.2, 0.25) is 5.91 Å². The predicted octanol–water partition coefficient (Wildman–Crippen LogP) is 3.24. The average molecular weight is 300 g/mol. The summed E-state index contributed by atoms with van der Waals surface area (Å²) in [6, 6.07) is 8.87. The fourth-order valence-corrected chi connectivity index (χ4v) is 2.42. The average Bonchev–Trinajstić information content (AvgIpc) is 2.52. The maximum atomic E-state index is 11.7. The first-order valence-electron chi connectivity index (χ1n) is 8.03. The molecule has 22 heavy (non-hydrogen) atoms. The number of benzene rings is 1. The van der Waals surface area contributed by atoms with Crippen molar-refractivity contribution in [2.75, 3.05) is 13.1 Å². The maximum absolute atomic E-state index is 11.7. The molecule has 120 valence electrons. The van der Waals surface area contributed by atoms with Crippen LogP contribution in [0.5, 0.6) is 0 Å².